The summed E-state index contributed by atoms with van der Waals surface area (Å²) in [6.07, 6.45) is -6.23. The van der Waals surface area contributed by atoms with Crippen LogP contribution in [0.1, 0.15) is 13.8 Å². The molecule has 1 heterocycles. The van der Waals surface area contributed by atoms with Crippen LogP contribution in [0, 0.1) is 5.41 Å². The van der Waals surface area contributed by atoms with Gasteiger partial charge in [-0.1, -0.05) is 19.1 Å². The van der Waals surface area contributed by atoms with Crippen LogP contribution in [-0.4, -0.2) is 95.8 Å². The van der Waals surface area contributed by atoms with Gasteiger partial charge in [0.05, 0.1) is 18.8 Å². The molecule has 0 spiro atoms. The first-order chi connectivity index (χ1) is 11.1. The third-order valence-corrected chi connectivity index (χ3v) is 4.45. The monoisotopic (exact) mass is 346 g/mol. The highest BCUT2D eigenvalue weighted by atomic mass is 16.4. The van der Waals surface area contributed by atoms with Crippen LogP contribution in [0.3, 0.4) is 0 Å². The maximum Gasteiger partial charge on any atom is 0.171 e. The molecular formula is C14H26N4O6. The van der Waals surface area contributed by atoms with E-state index in [4.69, 9.17) is 0 Å². The molecule has 10 heteroatoms. The van der Waals surface area contributed by atoms with Crippen molar-refractivity contribution in [1.82, 2.24) is 15.0 Å². The maximum absolute atomic E-state index is 10.1. The lowest BCUT2D eigenvalue weighted by Gasteiger charge is -2.45. The molecule has 2 rings (SSSR count). The van der Waals surface area contributed by atoms with Gasteiger partial charge >= 0.3 is 0 Å². The largest absolute Gasteiger partial charge is 0.396 e. The van der Waals surface area contributed by atoms with Gasteiger partial charge in [-0.25, -0.2) is 4.68 Å². The van der Waals surface area contributed by atoms with Crippen molar-refractivity contribution >= 4 is 5.82 Å². The summed E-state index contributed by atoms with van der Waals surface area (Å²) >= 11 is 0. The van der Waals surface area contributed by atoms with Crippen molar-refractivity contribution in [3.8, 4) is 0 Å². The van der Waals surface area contributed by atoms with E-state index in [1.54, 1.807) is 6.20 Å². The summed E-state index contributed by atoms with van der Waals surface area (Å²) in [6, 6.07) is -1.07. The molecule has 4 unspecified atom stereocenters. The predicted molar refractivity (Wildman–Crippen MR) is 83.1 cm³/mol. The number of nitrogens with zero attached hydrogens (tertiary/aromatic N) is 4. The van der Waals surface area contributed by atoms with Crippen molar-refractivity contribution in [2.75, 3.05) is 18.6 Å². The molecule has 0 bridgehead atoms. The van der Waals surface area contributed by atoms with Gasteiger partial charge in [-0.05, 0) is 0 Å². The zero-order chi connectivity index (χ0) is 18.2. The highest BCUT2D eigenvalue weighted by Crippen LogP contribution is 2.27. The number of hydrogen-bond donors (Lipinski definition) is 6. The highest BCUT2D eigenvalue weighted by molar-refractivity contribution is 5.37. The molecule has 6 N–H and O–H groups in total. The summed E-state index contributed by atoms with van der Waals surface area (Å²) < 4.78 is 1.52. The minimum atomic E-state index is -1.64. The van der Waals surface area contributed by atoms with Gasteiger partial charge in [0.2, 0.25) is 0 Å². The van der Waals surface area contributed by atoms with Crippen LogP contribution in [0.2, 0.25) is 0 Å². The van der Waals surface area contributed by atoms with E-state index in [2.05, 4.69) is 10.3 Å². The van der Waals surface area contributed by atoms with Crippen molar-refractivity contribution in [1.29, 1.82) is 0 Å². The van der Waals surface area contributed by atoms with Gasteiger partial charge in [0.25, 0.3) is 0 Å². The Morgan fingerprint density at radius 1 is 1.04 bits per heavy atom. The molecule has 1 fully saturated rings. The van der Waals surface area contributed by atoms with Crippen molar-refractivity contribution in [3.05, 3.63) is 6.20 Å². The van der Waals surface area contributed by atoms with Crippen molar-refractivity contribution < 1.29 is 30.6 Å². The molecule has 1 aliphatic carbocycles. The van der Waals surface area contributed by atoms with E-state index < -0.39 is 42.0 Å². The first kappa shape index (κ1) is 19.0. The summed E-state index contributed by atoms with van der Waals surface area (Å²) in [4.78, 5) is 1.39. The summed E-state index contributed by atoms with van der Waals surface area (Å²) in [5.74, 6) is 0.308. The summed E-state index contributed by atoms with van der Waals surface area (Å²) in [7, 11) is 1.53. The second-order valence-corrected chi connectivity index (χ2v) is 7.15. The van der Waals surface area contributed by atoms with E-state index in [1.165, 1.54) is 16.6 Å². The van der Waals surface area contributed by atoms with Crippen LogP contribution in [0.4, 0.5) is 5.82 Å². The van der Waals surface area contributed by atoms with Gasteiger partial charge in [-0.15, -0.1) is 5.10 Å². The average molecular weight is 346 g/mol. The zero-order valence-electron chi connectivity index (χ0n) is 13.9. The Kier molecular flexibility index (Phi) is 5.47. The van der Waals surface area contributed by atoms with E-state index in [-0.39, 0.29) is 6.61 Å². The summed E-state index contributed by atoms with van der Waals surface area (Å²) in [5.41, 5.74) is -0.399. The van der Waals surface area contributed by atoms with Crippen molar-refractivity contribution in [2.24, 2.45) is 5.41 Å². The molecule has 0 saturated heterocycles. The molecule has 0 amide bonds. The molecule has 0 radical (unpaired) electrons. The third-order valence-electron chi connectivity index (χ3n) is 4.45. The number of hydrogen-bond acceptors (Lipinski definition) is 9. The number of likely N-dealkylation sites (N-methyl/N-ethyl adjacent to an activating group) is 1. The Morgan fingerprint density at radius 3 is 2.04 bits per heavy atom. The van der Waals surface area contributed by atoms with Gasteiger partial charge in [-0.2, -0.15) is 0 Å². The van der Waals surface area contributed by atoms with Gasteiger partial charge in [-0.3, -0.25) is 0 Å². The van der Waals surface area contributed by atoms with E-state index in [0.29, 0.717) is 12.4 Å². The molecule has 4 atom stereocenters. The fraction of sp³-hybridized carbons (Fsp3) is 0.857. The smallest absolute Gasteiger partial charge is 0.171 e. The molecule has 0 aliphatic heterocycles. The standard InChI is InChI=1S/C14H26N4O6/c1-14(2,6-19)5-18-4-7(15-16-18)17(3)8-9(20)11(22)13(24)12(23)10(8)21/h4,8-13,19-24H,5-6H2,1-3H3. The minimum Gasteiger partial charge on any atom is -0.396 e. The highest BCUT2D eigenvalue weighted by Gasteiger charge is 2.50. The third kappa shape index (κ3) is 3.53. The van der Waals surface area contributed by atoms with Gasteiger partial charge < -0.3 is 35.5 Å². The van der Waals surface area contributed by atoms with Crippen LogP contribution in [0.25, 0.3) is 0 Å². The molecule has 0 aromatic carbocycles. The van der Waals surface area contributed by atoms with Crippen LogP contribution in [0.15, 0.2) is 6.20 Å². The first-order valence-corrected chi connectivity index (χ1v) is 7.73. The summed E-state index contributed by atoms with van der Waals surface area (Å²) in [5, 5.41) is 66.8. The number of rotatable bonds is 5. The molecule has 24 heavy (non-hydrogen) atoms. The van der Waals surface area contributed by atoms with Crippen molar-refractivity contribution in [3.63, 3.8) is 0 Å². The maximum atomic E-state index is 10.1. The van der Waals surface area contributed by atoms with Crippen LogP contribution in [0.5, 0.6) is 0 Å². The molecule has 1 aromatic heterocycles. The summed E-state index contributed by atoms with van der Waals surface area (Å²) in [6.45, 7) is 4.10. The fourth-order valence-electron chi connectivity index (χ4n) is 2.84. The topological polar surface area (TPSA) is 155 Å². The lowest BCUT2D eigenvalue weighted by Crippen LogP contribution is -2.68. The van der Waals surface area contributed by atoms with Crippen molar-refractivity contribution in [2.45, 2.75) is 57.0 Å². The first-order valence-electron chi connectivity index (χ1n) is 7.73. The fourth-order valence-corrected chi connectivity index (χ4v) is 2.84. The van der Waals surface area contributed by atoms with Crippen LogP contribution >= 0.6 is 0 Å². The molecule has 1 aromatic rings. The Balaban J connectivity index is 2.19. The van der Waals surface area contributed by atoms with Crippen LogP contribution < -0.4 is 4.90 Å². The van der Waals surface area contributed by atoms with E-state index >= 15 is 0 Å². The Bertz CT molecular complexity index is 537. The van der Waals surface area contributed by atoms with Gasteiger partial charge in [0, 0.05) is 19.1 Å². The Morgan fingerprint density at radius 2 is 1.54 bits per heavy atom. The van der Waals surface area contributed by atoms with Gasteiger partial charge in [0.15, 0.2) is 5.82 Å². The number of aromatic nitrogens is 3. The number of aliphatic hydroxyl groups is 6. The second kappa shape index (κ2) is 6.90. The quantitative estimate of drug-likeness (QED) is 0.325. The second-order valence-electron chi connectivity index (χ2n) is 7.15. The molecule has 1 saturated carbocycles. The predicted octanol–water partition coefficient (Wildman–Crippen LogP) is -3.08. The van der Waals surface area contributed by atoms with E-state index in [0.717, 1.165) is 0 Å². The number of aliphatic hydroxyl groups excluding tert-OH is 6. The average Bonchev–Trinajstić information content (AvgIpc) is 2.99. The number of anilines is 1. The van der Waals surface area contributed by atoms with E-state index in [9.17, 15) is 30.6 Å². The molecular weight excluding hydrogens is 320 g/mol. The molecule has 10 nitrogen and oxygen atoms in total. The SMILES string of the molecule is CN(c1cn(CC(C)(C)CO)nn1)C1C(O)C(O)C(O)C(O)C1O. The molecule has 138 valence electrons. The van der Waals surface area contributed by atoms with Crippen LogP contribution in [-0.2, 0) is 6.54 Å². The Labute approximate surface area is 139 Å². The molecule has 1 aliphatic rings. The lowest BCUT2D eigenvalue weighted by molar-refractivity contribution is -0.185. The zero-order valence-corrected chi connectivity index (χ0v) is 13.9. The van der Waals surface area contributed by atoms with E-state index in [1.807, 2.05) is 13.8 Å². The normalized spacial score (nSPS) is 34.4. The Hall–Kier alpha value is -1.30. The van der Waals surface area contributed by atoms with Gasteiger partial charge in [0.1, 0.15) is 30.5 Å². The lowest BCUT2D eigenvalue weighted by atomic mass is 9.82. The minimum absolute atomic E-state index is 0.0334.